The highest BCUT2D eigenvalue weighted by Gasteiger charge is 2.20. The number of aromatic nitrogens is 3. The zero-order valence-corrected chi connectivity index (χ0v) is 17.0. The van der Waals surface area contributed by atoms with Gasteiger partial charge in [-0.15, -0.1) is 16.8 Å². The zero-order valence-electron chi connectivity index (χ0n) is 15.4. The molecule has 1 unspecified atom stereocenters. The van der Waals surface area contributed by atoms with Gasteiger partial charge in [0.05, 0.1) is 10.8 Å². The fourth-order valence-electron chi connectivity index (χ4n) is 2.63. The van der Waals surface area contributed by atoms with E-state index in [0.29, 0.717) is 33.9 Å². The van der Waals surface area contributed by atoms with E-state index in [-0.39, 0.29) is 17.6 Å². The SMILES string of the molecule is C=CCn1c(SCC(=O)c2ccccc2)nnc1C(C)Oc1ccccc1Cl. The lowest BCUT2D eigenvalue weighted by molar-refractivity contribution is 0.102. The molecule has 3 aromatic rings. The van der Waals surface area contributed by atoms with E-state index < -0.39 is 0 Å². The van der Waals surface area contributed by atoms with E-state index in [9.17, 15) is 4.79 Å². The summed E-state index contributed by atoms with van der Waals surface area (Å²) in [6.07, 6.45) is 1.39. The number of carbonyl (C=O) groups is 1. The van der Waals surface area contributed by atoms with E-state index in [1.807, 2.05) is 54.0 Å². The van der Waals surface area contributed by atoms with E-state index in [1.54, 1.807) is 18.2 Å². The van der Waals surface area contributed by atoms with Crippen LogP contribution in [0.4, 0.5) is 0 Å². The predicted molar refractivity (Wildman–Crippen MR) is 112 cm³/mol. The number of hydrogen-bond acceptors (Lipinski definition) is 5. The summed E-state index contributed by atoms with van der Waals surface area (Å²) in [4.78, 5) is 12.4. The summed E-state index contributed by atoms with van der Waals surface area (Å²) < 4.78 is 7.86. The number of ether oxygens (including phenoxy) is 1. The summed E-state index contributed by atoms with van der Waals surface area (Å²) in [5.74, 6) is 1.55. The molecule has 0 amide bonds. The van der Waals surface area contributed by atoms with E-state index in [4.69, 9.17) is 16.3 Å². The number of thioether (sulfide) groups is 1. The molecular weight excluding hydrogens is 394 g/mol. The van der Waals surface area contributed by atoms with E-state index >= 15 is 0 Å². The Morgan fingerprint density at radius 3 is 2.64 bits per heavy atom. The number of rotatable bonds is 9. The Labute approximate surface area is 173 Å². The van der Waals surface area contributed by atoms with Gasteiger partial charge in [0, 0.05) is 12.1 Å². The van der Waals surface area contributed by atoms with Gasteiger partial charge in [-0.1, -0.05) is 71.9 Å². The van der Waals surface area contributed by atoms with E-state index in [1.165, 1.54) is 11.8 Å². The average molecular weight is 414 g/mol. The van der Waals surface area contributed by atoms with Gasteiger partial charge in [-0.2, -0.15) is 0 Å². The Morgan fingerprint density at radius 2 is 1.93 bits per heavy atom. The highest BCUT2D eigenvalue weighted by Crippen LogP contribution is 2.29. The number of nitrogens with zero attached hydrogens (tertiary/aromatic N) is 3. The van der Waals surface area contributed by atoms with Gasteiger partial charge in [0.15, 0.2) is 22.9 Å². The number of hydrogen-bond donors (Lipinski definition) is 0. The molecule has 2 aromatic carbocycles. The van der Waals surface area contributed by atoms with Gasteiger partial charge in [-0.25, -0.2) is 0 Å². The van der Waals surface area contributed by atoms with Gasteiger partial charge in [0.2, 0.25) is 0 Å². The van der Waals surface area contributed by atoms with Crippen LogP contribution in [-0.4, -0.2) is 26.3 Å². The van der Waals surface area contributed by atoms with Crippen LogP contribution in [0.3, 0.4) is 0 Å². The van der Waals surface area contributed by atoms with Crippen LogP contribution in [0.5, 0.6) is 5.75 Å². The van der Waals surface area contributed by atoms with Crippen LogP contribution in [0.25, 0.3) is 0 Å². The summed E-state index contributed by atoms with van der Waals surface area (Å²) >= 11 is 7.53. The lowest BCUT2D eigenvalue weighted by atomic mass is 10.2. The molecule has 1 atom stereocenters. The van der Waals surface area contributed by atoms with Crippen molar-refractivity contribution in [1.29, 1.82) is 0 Å². The number of Topliss-reactive ketones (excluding diaryl/α,β-unsaturated/α-hetero) is 1. The van der Waals surface area contributed by atoms with Gasteiger partial charge in [0.25, 0.3) is 0 Å². The molecule has 0 radical (unpaired) electrons. The quantitative estimate of drug-likeness (QED) is 0.273. The van der Waals surface area contributed by atoms with Crippen molar-refractivity contribution in [3.63, 3.8) is 0 Å². The zero-order chi connectivity index (χ0) is 19.9. The molecule has 0 saturated carbocycles. The smallest absolute Gasteiger partial charge is 0.192 e. The van der Waals surface area contributed by atoms with Crippen LogP contribution < -0.4 is 4.74 Å². The molecule has 0 saturated heterocycles. The van der Waals surface area contributed by atoms with Gasteiger partial charge < -0.3 is 4.74 Å². The summed E-state index contributed by atoms with van der Waals surface area (Å²) in [6, 6.07) is 16.5. The number of halogens is 1. The van der Waals surface area contributed by atoms with Gasteiger partial charge in [0.1, 0.15) is 5.75 Å². The predicted octanol–water partition coefficient (Wildman–Crippen LogP) is 5.23. The molecule has 0 N–H and O–H groups in total. The van der Waals surface area contributed by atoms with Crippen LogP contribution in [0, 0.1) is 0 Å². The van der Waals surface area contributed by atoms with Gasteiger partial charge in [-0.05, 0) is 19.1 Å². The molecule has 5 nitrogen and oxygen atoms in total. The van der Waals surface area contributed by atoms with Gasteiger partial charge in [-0.3, -0.25) is 9.36 Å². The van der Waals surface area contributed by atoms with Crippen molar-refractivity contribution >= 4 is 29.1 Å². The van der Waals surface area contributed by atoms with Crippen LogP contribution in [0.15, 0.2) is 72.4 Å². The second-order valence-corrected chi connectivity index (χ2v) is 7.36. The van der Waals surface area contributed by atoms with E-state index in [0.717, 1.165) is 0 Å². The maximum absolute atomic E-state index is 12.4. The monoisotopic (exact) mass is 413 g/mol. The number of ketones is 1. The third-order valence-corrected chi connectivity index (χ3v) is 5.27. The molecule has 0 aliphatic heterocycles. The first-order valence-electron chi connectivity index (χ1n) is 8.76. The summed E-state index contributed by atoms with van der Waals surface area (Å²) in [5.41, 5.74) is 0.681. The molecule has 0 aliphatic carbocycles. The van der Waals surface area contributed by atoms with Crippen molar-refractivity contribution in [2.75, 3.05) is 5.75 Å². The third kappa shape index (κ3) is 4.82. The lowest BCUT2D eigenvalue weighted by Crippen LogP contribution is -2.13. The topological polar surface area (TPSA) is 57.0 Å². The summed E-state index contributed by atoms with van der Waals surface area (Å²) in [7, 11) is 0. The minimum Gasteiger partial charge on any atom is -0.481 e. The molecule has 0 aliphatic rings. The molecule has 0 bridgehead atoms. The first kappa shape index (κ1) is 20.2. The van der Waals surface area contributed by atoms with Crippen LogP contribution >= 0.6 is 23.4 Å². The third-order valence-electron chi connectivity index (χ3n) is 3.99. The second-order valence-electron chi connectivity index (χ2n) is 6.01. The summed E-state index contributed by atoms with van der Waals surface area (Å²) in [5, 5.41) is 9.71. The number of benzene rings is 2. The van der Waals surface area contributed by atoms with Crippen LogP contribution in [0.1, 0.15) is 29.2 Å². The van der Waals surface area contributed by atoms with E-state index in [2.05, 4.69) is 16.8 Å². The maximum Gasteiger partial charge on any atom is 0.192 e. The largest absolute Gasteiger partial charge is 0.481 e. The fraction of sp³-hybridized carbons (Fsp3) is 0.190. The van der Waals surface area contributed by atoms with Crippen molar-refractivity contribution in [2.45, 2.75) is 24.7 Å². The minimum absolute atomic E-state index is 0.0423. The van der Waals surface area contributed by atoms with Crippen molar-refractivity contribution in [2.24, 2.45) is 0 Å². The normalized spacial score (nSPS) is 11.8. The standard InChI is InChI=1S/C21H20ClN3O2S/c1-3-13-25-20(15(2)27-19-12-8-7-11-17(19)22)23-24-21(25)28-14-18(26)16-9-5-4-6-10-16/h3-12,15H,1,13-14H2,2H3. The molecule has 0 spiro atoms. The van der Waals surface area contributed by atoms with Gasteiger partial charge >= 0.3 is 0 Å². The molecule has 0 fully saturated rings. The number of carbonyl (C=O) groups excluding carboxylic acids is 1. The van der Waals surface area contributed by atoms with Crippen molar-refractivity contribution in [3.8, 4) is 5.75 Å². The maximum atomic E-state index is 12.4. The molecule has 144 valence electrons. The Hall–Kier alpha value is -2.57. The number of para-hydroxylation sites is 1. The fourth-order valence-corrected chi connectivity index (χ4v) is 3.66. The first-order valence-corrected chi connectivity index (χ1v) is 10.1. The van der Waals surface area contributed by atoms with Crippen LogP contribution in [-0.2, 0) is 6.54 Å². The first-order chi connectivity index (χ1) is 13.6. The highest BCUT2D eigenvalue weighted by molar-refractivity contribution is 7.99. The van der Waals surface area contributed by atoms with Crippen molar-refractivity contribution < 1.29 is 9.53 Å². The number of allylic oxidation sites excluding steroid dienone is 1. The minimum atomic E-state index is -0.369. The molecule has 1 heterocycles. The Bertz CT molecular complexity index is 959. The van der Waals surface area contributed by atoms with Crippen molar-refractivity contribution in [1.82, 2.24) is 14.8 Å². The van der Waals surface area contributed by atoms with Crippen LogP contribution in [0.2, 0.25) is 5.02 Å². The summed E-state index contributed by atoms with van der Waals surface area (Å²) in [6.45, 7) is 6.20. The molecule has 7 heteroatoms. The molecule has 3 rings (SSSR count). The highest BCUT2D eigenvalue weighted by atomic mass is 35.5. The molecule has 1 aromatic heterocycles. The second kappa shape index (κ2) is 9.57. The average Bonchev–Trinajstić information content (AvgIpc) is 3.11. The molecular formula is C21H20ClN3O2S. The Kier molecular flexibility index (Phi) is 6.90. The molecule has 28 heavy (non-hydrogen) atoms. The Morgan fingerprint density at radius 1 is 1.21 bits per heavy atom. The van der Waals surface area contributed by atoms with Crippen molar-refractivity contribution in [3.05, 3.63) is 83.7 Å². The Balaban J connectivity index is 1.74. The lowest BCUT2D eigenvalue weighted by Gasteiger charge is -2.16.